The fourth-order valence-corrected chi connectivity index (χ4v) is 2.92. The lowest BCUT2D eigenvalue weighted by atomic mass is 9.90. The number of hydrogen-bond acceptors (Lipinski definition) is 1. The van der Waals surface area contributed by atoms with Gasteiger partial charge in [0, 0.05) is 0 Å². The molecule has 3 aromatic rings. The number of benzene rings is 3. The van der Waals surface area contributed by atoms with Gasteiger partial charge in [-0.15, -0.1) is 0 Å². The highest BCUT2D eigenvalue weighted by atomic mass is 19.1. The van der Waals surface area contributed by atoms with Crippen LogP contribution in [0.3, 0.4) is 0 Å². The van der Waals surface area contributed by atoms with E-state index in [0.29, 0.717) is 0 Å². The molecule has 0 aliphatic carbocycles. The van der Waals surface area contributed by atoms with Crippen LogP contribution in [0, 0.1) is 5.82 Å². The third kappa shape index (κ3) is 4.13. The van der Waals surface area contributed by atoms with Crippen molar-refractivity contribution in [3.8, 4) is 0 Å². The quantitative estimate of drug-likeness (QED) is 0.711. The summed E-state index contributed by atoms with van der Waals surface area (Å²) in [5.41, 5.74) is 2.75. The van der Waals surface area contributed by atoms with Crippen molar-refractivity contribution in [2.24, 2.45) is 0 Å². The van der Waals surface area contributed by atoms with Crippen molar-refractivity contribution in [1.82, 2.24) is 5.32 Å². The zero-order valence-electron chi connectivity index (χ0n) is 14.0. The van der Waals surface area contributed by atoms with Crippen LogP contribution in [0.4, 0.5) is 4.39 Å². The van der Waals surface area contributed by atoms with Crippen LogP contribution < -0.4 is 5.32 Å². The zero-order valence-corrected chi connectivity index (χ0v) is 14.0. The van der Waals surface area contributed by atoms with Crippen LogP contribution in [0.15, 0.2) is 84.9 Å². The fourth-order valence-electron chi connectivity index (χ4n) is 2.92. The highest BCUT2D eigenvalue weighted by Crippen LogP contribution is 2.26. The minimum atomic E-state index is -0.384. The lowest BCUT2D eigenvalue weighted by Crippen LogP contribution is -2.32. The molecular formula is C22H20FNO. The molecule has 1 unspecified atom stereocenters. The summed E-state index contributed by atoms with van der Waals surface area (Å²) in [7, 11) is 0. The van der Waals surface area contributed by atoms with Crippen molar-refractivity contribution in [2.45, 2.75) is 18.9 Å². The van der Waals surface area contributed by atoms with E-state index >= 15 is 0 Å². The number of amides is 1. The van der Waals surface area contributed by atoms with Crippen LogP contribution in [-0.4, -0.2) is 5.91 Å². The molecule has 0 heterocycles. The van der Waals surface area contributed by atoms with E-state index in [0.717, 1.165) is 16.7 Å². The van der Waals surface area contributed by atoms with Crippen LogP contribution in [0.2, 0.25) is 0 Å². The van der Waals surface area contributed by atoms with Crippen LogP contribution >= 0.6 is 0 Å². The fraction of sp³-hybridized carbons (Fsp3) is 0.136. The van der Waals surface area contributed by atoms with Gasteiger partial charge in [-0.2, -0.15) is 0 Å². The Hall–Kier alpha value is -2.94. The second-order valence-electron chi connectivity index (χ2n) is 6.04. The SMILES string of the molecule is CC(NC(=O)C(c1ccccc1)c1ccccc1)c1ccc(F)cc1. The summed E-state index contributed by atoms with van der Waals surface area (Å²) in [5, 5.41) is 3.05. The standard InChI is InChI=1S/C22H20FNO/c1-16(17-12-14-20(23)15-13-17)24-22(25)21(18-8-4-2-5-9-18)19-10-6-3-7-11-19/h2-16,21H,1H3,(H,24,25). The van der Waals surface area contributed by atoms with Crippen LogP contribution in [0.1, 0.15) is 35.6 Å². The Balaban J connectivity index is 1.86. The van der Waals surface area contributed by atoms with Crippen LogP contribution in [0.25, 0.3) is 0 Å². The van der Waals surface area contributed by atoms with E-state index in [-0.39, 0.29) is 23.7 Å². The Morgan fingerprint density at radius 1 is 0.760 bits per heavy atom. The average Bonchev–Trinajstić information content (AvgIpc) is 2.64. The molecule has 126 valence electrons. The molecule has 0 aromatic heterocycles. The van der Waals surface area contributed by atoms with Crippen molar-refractivity contribution in [3.63, 3.8) is 0 Å². The number of carbonyl (C=O) groups excluding carboxylic acids is 1. The normalized spacial score (nSPS) is 12.0. The van der Waals surface area contributed by atoms with E-state index < -0.39 is 0 Å². The molecule has 2 nitrogen and oxygen atoms in total. The second kappa shape index (κ2) is 7.75. The van der Waals surface area contributed by atoms with E-state index in [4.69, 9.17) is 0 Å². The molecule has 0 radical (unpaired) electrons. The summed E-state index contributed by atoms with van der Waals surface area (Å²) in [6.45, 7) is 1.90. The number of carbonyl (C=O) groups is 1. The summed E-state index contributed by atoms with van der Waals surface area (Å²) in [6.07, 6.45) is 0. The number of rotatable bonds is 5. The maximum atomic E-state index is 13.1. The van der Waals surface area contributed by atoms with Crippen molar-refractivity contribution < 1.29 is 9.18 Å². The van der Waals surface area contributed by atoms with E-state index in [1.807, 2.05) is 67.6 Å². The van der Waals surface area contributed by atoms with E-state index in [9.17, 15) is 9.18 Å². The van der Waals surface area contributed by atoms with Gasteiger partial charge >= 0.3 is 0 Å². The molecule has 3 heteroatoms. The number of nitrogens with one attached hydrogen (secondary N) is 1. The molecule has 0 fully saturated rings. The van der Waals surface area contributed by atoms with Crippen molar-refractivity contribution in [3.05, 3.63) is 107 Å². The molecule has 1 atom stereocenters. The van der Waals surface area contributed by atoms with E-state index in [2.05, 4.69) is 5.32 Å². The first-order chi connectivity index (χ1) is 12.1. The van der Waals surface area contributed by atoms with Gasteiger partial charge in [0.2, 0.25) is 5.91 Å². The Morgan fingerprint density at radius 3 is 1.72 bits per heavy atom. The predicted molar refractivity (Wildman–Crippen MR) is 97.7 cm³/mol. The van der Waals surface area contributed by atoms with Crippen molar-refractivity contribution >= 4 is 5.91 Å². The van der Waals surface area contributed by atoms with Gasteiger partial charge in [0.1, 0.15) is 5.82 Å². The van der Waals surface area contributed by atoms with Gasteiger partial charge in [0.25, 0.3) is 0 Å². The molecule has 25 heavy (non-hydrogen) atoms. The molecule has 1 amide bonds. The second-order valence-corrected chi connectivity index (χ2v) is 6.04. The minimum Gasteiger partial charge on any atom is -0.349 e. The first-order valence-electron chi connectivity index (χ1n) is 8.31. The first-order valence-corrected chi connectivity index (χ1v) is 8.31. The highest BCUT2D eigenvalue weighted by molar-refractivity contribution is 5.87. The monoisotopic (exact) mass is 333 g/mol. The largest absolute Gasteiger partial charge is 0.349 e. The summed E-state index contributed by atoms with van der Waals surface area (Å²) >= 11 is 0. The maximum absolute atomic E-state index is 13.1. The van der Waals surface area contributed by atoms with Gasteiger partial charge in [0.15, 0.2) is 0 Å². The molecular weight excluding hydrogens is 313 g/mol. The third-order valence-electron chi connectivity index (χ3n) is 4.26. The minimum absolute atomic E-state index is 0.0748. The highest BCUT2D eigenvalue weighted by Gasteiger charge is 2.24. The summed E-state index contributed by atoms with van der Waals surface area (Å²) in [4.78, 5) is 13.0. The Kier molecular flexibility index (Phi) is 5.24. The molecule has 0 spiro atoms. The molecule has 0 saturated heterocycles. The van der Waals surface area contributed by atoms with E-state index in [1.165, 1.54) is 12.1 Å². The molecule has 0 saturated carbocycles. The smallest absolute Gasteiger partial charge is 0.232 e. The van der Waals surface area contributed by atoms with Gasteiger partial charge in [0.05, 0.1) is 12.0 Å². The summed E-state index contributed by atoms with van der Waals surface area (Å²) in [5.74, 6) is -0.742. The molecule has 3 rings (SSSR count). The first kappa shape index (κ1) is 16.9. The number of halogens is 1. The lowest BCUT2D eigenvalue weighted by Gasteiger charge is -2.21. The molecule has 0 aliphatic heterocycles. The number of hydrogen-bond donors (Lipinski definition) is 1. The predicted octanol–water partition coefficient (Wildman–Crippen LogP) is 4.84. The molecule has 0 aliphatic rings. The van der Waals surface area contributed by atoms with Gasteiger partial charge in [-0.05, 0) is 35.7 Å². The summed E-state index contributed by atoms with van der Waals surface area (Å²) < 4.78 is 13.1. The maximum Gasteiger partial charge on any atom is 0.232 e. The Morgan fingerprint density at radius 2 is 1.24 bits per heavy atom. The zero-order chi connectivity index (χ0) is 17.6. The Bertz CT molecular complexity index is 776. The van der Waals surface area contributed by atoms with Crippen molar-refractivity contribution in [2.75, 3.05) is 0 Å². The molecule has 0 bridgehead atoms. The summed E-state index contributed by atoms with van der Waals surface area (Å²) in [6, 6.07) is 25.4. The lowest BCUT2D eigenvalue weighted by molar-refractivity contribution is -0.122. The van der Waals surface area contributed by atoms with Gasteiger partial charge in [-0.1, -0.05) is 72.8 Å². The van der Waals surface area contributed by atoms with Gasteiger partial charge < -0.3 is 5.32 Å². The Labute approximate surface area is 147 Å². The molecule has 1 N–H and O–H groups in total. The van der Waals surface area contributed by atoms with Gasteiger partial charge in [-0.25, -0.2) is 4.39 Å². The van der Waals surface area contributed by atoms with Gasteiger partial charge in [-0.3, -0.25) is 4.79 Å². The van der Waals surface area contributed by atoms with Crippen LogP contribution in [0.5, 0.6) is 0 Å². The van der Waals surface area contributed by atoms with E-state index in [1.54, 1.807) is 12.1 Å². The third-order valence-corrected chi connectivity index (χ3v) is 4.26. The van der Waals surface area contributed by atoms with Crippen LogP contribution in [-0.2, 0) is 4.79 Å². The van der Waals surface area contributed by atoms with Crippen molar-refractivity contribution in [1.29, 1.82) is 0 Å². The average molecular weight is 333 g/mol. The topological polar surface area (TPSA) is 29.1 Å². The molecule has 3 aromatic carbocycles.